The summed E-state index contributed by atoms with van der Waals surface area (Å²) in [6, 6.07) is 0. The molecule has 1 atom stereocenters. The van der Waals surface area contributed by atoms with Gasteiger partial charge in [0.15, 0.2) is 5.79 Å². The van der Waals surface area contributed by atoms with E-state index in [-0.39, 0.29) is 25.0 Å². The second kappa shape index (κ2) is 8.09. The first-order chi connectivity index (χ1) is 9.90. The first-order valence-corrected chi connectivity index (χ1v) is 6.84. The summed E-state index contributed by atoms with van der Waals surface area (Å²) in [4.78, 5) is 34.8. The lowest BCUT2D eigenvalue weighted by molar-refractivity contribution is -0.155. The van der Waals surface area contributed by atoms with Gasteiger partial charge in [-0.3, -0.25) is 14.4 Å². The van der Waals surface area contributed by atoms with Crippen LogP contribution in [0.4, 0.5) is 0 Å². The van der Waals surface area contributed by atoms with Gasteiger partial charge in [-0.1, -0.05) is 0 Å². The van der Waals surface area contributed by atoms with Gasteiger partial charge in [0.05, 0.1) is 39.8 Å². The van der Waals surface area contributed by atoms with E-state index in [1.165, 1.54) is 14.2 Å². The summed E-state index contributed by atoms with van der Waals surface area (Å²) in [6.45, 7) is 2.80. The maximum atomic E-state index is 12.0. The van der Waals surface area contributed by atoms with Crippen LogP contribution < -0.4 is 0 Å². The number of ketones is 1. The maximum Gasteiger partial charge on any atom is 0.309 e. The summed E-state index contributed by atoms with van der Waals surface area (Å²) in [5.74, 6) is -2.83. The van der Waals surface area contributed by atoms with Gasteiger partial charge < -0.3 is 18.9 Å². The molecule has 1 saturated heterocycles. The van der Waals surface area contributed by atoms with E-state index in [0.29, 0.717) is 19.6 Å². The SMILES string of the molecule is COC(=O)CC(CC(=O)CCC1(C)OCCO1)C(=O)OC. The van der Waals surface area contributed by atoms with Crippen molar-refractivity contribution in [3.63, 3.8) is 0 Å². The monoisotopic (exact) mass is 302 g/mol. The average molecular weight is 302 g/mol. The Morgan fingerprint density at radius 1 is 1.10 bits per heavy atom. The molecule has 120 valence electrons. The fourth-order valence-corrected chi connectivity index (χ4v) is 2.13. The second-order valence-electron chi connectivity index (χ2n) is 5.07. The van der Waals surface area contributed by atoms with Gasteiger partial charge in [-0.25, -0.2) is 0 Å². The van der Waals surface area contributed by atoms with Gasteiger partial charge in [-0.05, 0) is 6.92 Å². The molecule has 0 radical (unpaired) electrons. The highest BCUT2D eigenvalue weighted by Crippen LogP contribution is 2.25. The van der Waals surface area contributed by atoms with Crippen molar-refractivity contribution in [3.05, 3.63) is 0 Å². The van der Waals surface area contributed by atoms with E-state index in [1.54, 1.807) is 6.92 Å². The molecule has 1 unspecified atom stereocenters. The minimum atomic E-state index is -0.812. The van der Waals surface area contributed by atoms with Crippen LogP contribution in [0.1, 0.15) is 32.6 Å². The molecular formula is C14H22O7. The summed E-state index contributed by atoms with van der Waals surface area (Å²) in [7, 11) is 2.45. The maximum absolute atomic E-state index is 12.0. The van der Waals surface area contributed by atoms with Crippen LogP contribution >= 0.6 is 0 Å². The smallest absolute Gasteiger partial charge is 0.309 e. The van der Waals surface area contributed by atoms with Gasteiger partial charge in [0.25, 0.3) is 0 Å². The molecule has 0 saturated carbocycles. The minimum Gasteiger partial charge on any atom is -0.469 e. The number of esters is 2. The number of hydrogen-bond acceptors (Lipinski definition) is 7. The highest BCUT2D eigenvalue weighted by Gasteiger charge is 2.32. The zero-order valence-corrected chi connectivity index (χ0v) is 12.7. The first-order valence-electron chi connectivity index (χ1n) is 6.84. The Balaban J connectivity index is 2.47. The first kappa shape index (κ1) is 17.6. The average Bonchev–Trinajstić information content (AvgIpc) is 2.90. The Hall–Kier alpha value is -1.47. The predicted molar refractivity (Wildman–Crippen MR) is 71.3 cm³/mol. The van der Waals surface area contributed by atoms with Crippen LogP contribution in [0.2, 0.25) is 0 Å². The molecule has 0 aliphatic carbocycles. The lowest BCUT2D eigenvalue weighted by Crippen LogP contribution is -2.28. The number of carbonyl (C=O) groups is 3. The number of ether oxygens (including phenoxy) is 4. The largest absolute Gasteiger partial charge is 0.469 e. The van der Waals surface area contributed by atoms with Crippen molar-refractivity contribution in [3.8, 4) is 0 Å². The summed E-state index contributed by atoms with van der Waals surface area (Å²) in [5.41, 5.74) is 0. The number of rotatable bonds is 8. The van der Waals surface area contributed by atoms with Crippen molar-refractivity contribution in [1.82, 2.24) is 0 Å². The van der Waals surface area contributed by atoms with E-state index >= 15 is 0 Å². The quantitative estimate of drug-likeness (QED) is 0.614. The molecule has 7 heteroatoms. The van der Waals surface area contributed by atoms with Gasteiger partial charge in [0.2, 0.25) is 0 Å². The molecule has 0 aromatic heterocycles. The minimum absolute atomic E-state index is 0.0577. The molecule has 1 aliphatic rings. The normalized spacial score (nSPS) is 18.0. The fraction of sp³-hybridized carbons (Fsp3) is 0.786. The molecule has 0 aromatic carbocycles. The highest BCUT2D eigenvalue weighted by molar-refractivity contribution is 5.87. The van der Waals surface area contributed by atoms with Crippen molar-refractivity contribution in [1.29, 1.82) is 0 Å². The summed E-state index contributed by atoms with van der Waals surface area (Å²) in [5, 5.41) is 0. The van der Waals surface area contributed by atoms with E-state index in [0.717, 1.165) is 0 Å². The topological polar surface area (TPSA) is 88.1 Å². The molecule has 1 aliphatic heterocycles. The number of methoxy groups -OCH3 is 2. The van der Waals surface area contributed by atoms with Crippen molar-refractivity contribution >= 4 is 17.7 Å². The van der Waals surface area contributed by atoms with Gasteiger partial charge in [-0.15, -0.1) is 0 Å². The predicted octanol–water partition coefficient (Wildman–Crippen LogP) is 0.841. The second-order valence-corrected chi connectivity index (χ2v) is 5.07. The third-order valence-corrected chi connectivity index (χ3v) is 3.41. The summed E-state index contributed by atoms with van der Waals surface area (Å²) in [6.07, 6.45) is 0.403. The number of hydrogen-bond donors (Lipinski definition) is 0. The lowest BCUT2D eigenvalue weighted by Gasteiger charge is -2.22. The van der Waals surface area contributed by atoms with Crippen LogP contribution in [0, 0.1) is 5.92 Å². The van der Waals surface area contributed by atoms with E-state index < -0.39 is 23.6 Å². The molecule has 0 bridgehead atoms. The molecular weight excluding hydrogens is 280 g/mol. The standard InChI is InChI=1S/C14H22O7/c1-14(20-6-7-21-14)5-4-11(15)8-10(13(17)19-3)9-12(16)18-2/h10H,4-9H2,1-3H3. The zero-order chi connectivity index (χ0) is 15.9. The molecule has 21 heavy (non-hydrogen) atoms. The van der Waals surface area contributed by atoms with Crippen LogP contribution in [0.15, 0.2) is 0 Å². The Kier molecular flexibility index (Phi) is 6.77. The summed E-state index contributed by atoms with van der Waals surface area (Å²) >= 11 is 0. The molecule has 7 nitrogen and oxygen atoms in total. The van der Waals surface area contributed by atoms with E-state index in [9.17, 15) is 14.4 Å². The van der Waals surface area contributed by atoms with Crippen molar-refractivity contribution < 1.29 is 33.3 Å². The van der Waals surface area contributed by atoms with Crippen molar-refractivity contribution in [2.45, 2.75) is 38.4 Å². The molecule has 0 spiro atoms. The number of carbonyl (C=O) groups excluding carboxylic acids is 3. The van der Waals surface area contributed by atoms with Crippen molar-refractivity contribution in [2.75, 3.05) is 27.4 Å². The van der Waals surface area contributed by atoms with Crippen LogP contribution in [0.5, 0.6) is 0 Å². The Morgan fingerprint density at radius 2 is 1.71 bits per heavy atom. The molecule has 0 amide bonds. The van der Waals surface area contributed by atoms with Gasteiger partial charge in [0.1, 0.15) is 5.78 Å². The molecule has 1 heterocycles. The molecule has 1 rings (SSSR count). The van der Waals surface area contributed by atoms with Crippen molar-refractivity contribution in [2.24, 2.45) is 5.92 Å². The molecule has 1 fully saturated rings. The van der Waals surface area contributed by atoms with Gasteiger partial charge in [0, 0.05) is 19.3 Å². The lowest BCUT2D eigenvalue weighted by atomic mass is 9.96. The van der Waals surface area contributed by atoms with Crippen LogP contribution in [-0.2, 0) is 33.3 Å². The molecule has 0 aromatic rings. The number of Topliss-reactive ketones (excluding diaryl/α,β-unsaturated/α-hetero) is 1. The Morgan fingerprint density at radius 3 is 2.24 bits per heavy atom. The Bertz CT molecular complexity index is 385. The van der Waals surface area contributed by atoms with E-state index in [1.807, 2.05) is 0 Å². The van der Waals surface area contributed by atoms with Crippen LogP contribution in [0.3, 0.4) is 0 Å². The van der Waals surface area contributed by atoms with Crippen LogP contribution in [-0.4, -0.2) is 50.9 Å². The van der Waals surface area contributed by atoms with E-state index in [4.69, 9.17) is 9.47 Å². The van der Waals surface area contributed by atoms with E-state index in [2.05, 4.69) is 9.47 Å². The Labute approximate surface area is 123 Å². The fourth-order valence-electron chi connectivity index (χ4n) is 2.13. The third kappa shape index (κ3) is 5.81. The highest BCUT2D eigenvalue weighted by atomic mass is 16.7. The summed E-state index contributed by atoms with van der Waals surface area (Å²) < 4.78 is 19.9. The third-order valence-electron chi connectivity index (χ3n) is 3.41. The van der Waals surface area contributed by atoms with Crippen LogP contribution in [0.25, 0.3) is 0 Å². The van der Waals surface area contributed by atoms with Gasteiger partial charge in [-0.2, -0.15) is 0 Å². The van der Waals surface area contributed by atoms with Gasteiger partial charge >= 0.3 is 11.9 Å². The zero-order valence-electron chi connectivity index (χ0n) is 12.7. The molecule has 0 N–H and O–H groups in total.